The second-order valence-corrected chi connectivity index (χ2v) is 7.74. The number of ether oxygens (including phenoxy) is 1. The maximum atomic E-state index is 13.6. The number of carbonyl (C=O) groups excluding carboxylic acids is 1. The molecule has 5 nitrogen and oxygen atoms in total. The Balaban J connectivity index is 1.78. The fraction of sp³-hybridized carbons (Fsp3) is 0.600. The molecule has 1 aliphatic heterocycles. The number of halogens is 3. The zero-order valence-electron chi connectivity index (χ0n) is 16.1. The van der Waals surface area contributed by atoms with Crippen molar-refractivity contribution in [2.45, 2.75) is 64.3 Å². The Labute approximate surface area is 162 Å². The number of rotatable bonds is 4. The smallest absolute Gasteiger partial charge is 0.438 e. The van der Waals surface area contributed by atoms with Gasteiger partial charge in [-0.05, 0) is 55.9 Å². The summed E-state index contributed by atoms with van der Waals surface area (Å²) in [5.41, 5.74) is -1.25. The molecule has 1 aromatic carbocycles. The molecule has 28 heavy (non-hydrogen) atoms. The van der Waals surface area contributed by atoms with Crippen LogP contribution >= 0.6 is 0 Å². The van der Waals surface area contributed by atoms with Crippen molar-refractivity contribution in [1.82, 2.24) is 5.01 Å². The summed E-state index contributed by atoms with van der Waals surface area (Å²) in [7, 11) is 0. The minimum Gasteiger partial charge on any atom is -0.484 e. The zero-order valence-corrected chi connectivity index (χ0v) is 16.1. The van der Waals surface area contributed by atoms with Gasteiger partial charge in [-0.3, -0.25) is 4.79 Å². The summed E-state index contributed by atoms with van der Waals surface area (Å²) in [6.45, 7) is 3.07. The number of amides is 1. The summed E-state index contributed by atoms with van der Waals surface area (Å²) in [6.07, 6.45) is -1.38. The molecule has 3 rings (SSSR count). The Morgan fingerprint density at radius 1 is 1.21 bits per heavy atom. The summed E-state index contributed by atoms with van der Waals surface area (Å²) in [4.78, 5) is 12.5. The fourth-order valence-corrected chi connectivity index (χ4v) is 3.94. The van der Waals surface area contributed by atoms with E-state index in [0.717, 1.165) is 43.2 Å². The van der Waals surface area contributed by atoms with Crippen LogP contribution in [0.15, 0.2) is 23.3 Å². The second kappa shape index (κ2) is 7.73. The van der Waals surface area contributed by atoms with Gasteiger partial charge in [-0.2, -0.15) is 23.3 Å². The molecule has 0 aromatic heterocycles. The lowest BCUT2D eigenvalue weighted by molar-refractivity contribution is -0.302. The van der Waals surface area contributed by atoms with Crippen molar-refractivity contribution in [1.29, 1.82) is 0 Å². The summed E-state index contributed by atoms with van der Waals surface area (Å²) in [5.74, 6) is -0.761. The molecule has 154 valence electrons. The Morgan fingerprint density at radius 2 is 1.82 bits per heavy atom. The lowest BCUT2D eigenvalue weighted by atomic mass is 9.83. The number of hydrazone groups is 1. The molecule has 0 bridgehead atoms. The van der Waals surface area contributed by atoms with E-state index >= 15 is 0 Å². The quantitative estimate of drug-likeness (QED) is 0.831. The van der Waals surface area contributed by atoms with Gasteiger partial charge in [0.25, 0.3) is 11.6 Å². The third-order valence-electron chi connectivity index (χ3n) is 5.33. The van der Waals surface area contributed by atoms with E-state index in [1.165, 1.54) is 0 Å². The van der Waals surface area contributed by atoms with Crippen molar-refractivity contribution >= 4 is 11.6 Å². The van der Waals surface area contributed by atoms with Crippen molar-refractivity contribution in [3.8, 4) is 5.75 Å². The topological polar surface area (TPSA) is 62.1 Å². The second-order valence-electron chi connectivity index (χ2n) is 7.74. The van der Waals surface area contributed by atoms with Crippen LogP contribution in [0, 0.1) is 19.8 Å². The summed E-state index contributed by atoms with van der Waals surface area (Å²) in [6, 6.07) is 5.30. The van der Waals surface area contributed by atoms with Crippen LogP contribution in [0.25, 0.3) is 0 Å². The van der Waals surface area contributed by atoms with E-state index < -0.39 is 30.8 Å². The van der Waals surface area contributed by atoms with Crippen LogP contribution in [0.4, 0.5) is 13.2 Å². The van der Waals surface area contributed by atoms with Gasteiger partial charge < -0.3 is 9.84 Å². The first-order valence-corrected chi connectivity index (χ1v) is 9.51. The van der Waals surface area contributed by atoms with Gasteiger partial charge in [-0.1, -0.05) is 25.3 Å². The zero-order chi connectivity index (χ0) is 20.5. The molecule has 1 aromatic rings. The first-order valence-electron chi connectivity index (χ1n) is 9.51. The number of aliphatic hydroxyl groups is 1. The predicted molar refractivity (Wildman–Crippen MR) is 97.9 cm³/mol. The van der Waals surface area contributed by atoms with Gasteiger partial charge in [-0.15, -0.1) is 0 Å². The van der Waals surface area contributed by atoms with Crippen LogP contribution in [0.2, 0.25) is 0 Å². The molecular formula is C20H25F3N2O3. The highest BCUT2D eigenvalue weighted by Gasteiger charge is 2.63. The Hall–Kier alpha value is -2.09. The van der Waals surface area contributed by atoms with E-state index in [0.29, 0.717) is 5.75 Å². The molecule has 1 saturated carbocycles. The molecule has 0 spiro atoms. The maximum absolute atomic E-state index is 13.6. The molecule has 1 atom stereocenters. The highest BCUT2D eigenvalue weighted by molar-refractivity contribution is 5.92. The molecular weight excluding hydrogens is 373 g/mol. The summed E-state index contributed by atoms with van der Waals surface area (Å²) >= 11 is 0. The average Bonchev–Trinajstić information content (AvgIpc) is 2.99. The van der Waals surface area contributed by atoms with Gasteiger partial charge in [0.1, 0.15) is 5.75 Å². The Bertz CT molecular complexity index is 752. The highest BCUT2D eigenvalue weighted by Crippen LogP contribution is 2.43. The SMILES string of the molecule is Cc1cc(C)cc(OCC(=O)N2N=C(C3CCCCC3)C[C@@]2(O)C(F)(F)F)c1. The summed E-state index contributed by atoms with van der Waals surface area (Å²) < 4.78 is 46.2. The van der Waals surface area contributed by atoms with Crippen molar-refractivity contribution in [2.24, 2.45) is 11.0 Å². The van der Waals surface area contributed by atoms with Crippen molar-refractivity contribution in [3.63, 3.8) is 0 Å². The number of hydrogen-bond donors (Lipinski definition) is 1. The molecule has 1 N–H and O–H groups in total. The third kappa shape index (κ3) is 4.16. The fourth-order valence-electron chi connectivity index (χ4n) is 3.94. The van der Waals surface area contributed by atoms with Gasteiger partial charge in [0.2, 0.25) is 0 Å². The molecule has 0 radical (unpaired) electrons. The number of alkyl halides is 3. The minimum atomic E-state index is -5.01. The third-order valence-corrected chi connectivity index (χ3v) is 5.33. The number of benzene rings is 1. The standard InChI is InChI=1S/C20H25F3N2O3/c1-13-8-14(2)10-16(9-13)28-12-18(26)25-19(27,20(21,22)23)11-17(24-25)15-6-4-3-5-7-15/h8-10,15,27H,3-7,11-12H2,1-2H3/t19-/m1/s1. The molecule has 1 fully saturated rings. The normalized spacial score (nSPS) is 23.6. The molecule has 1 amide bonds. The van der Waals surface area contributed by atoms with Crippen molar-refractivity contribution < 1.29 is 27.8 Å². The molecule has 1 aliphatic carbocycles. The van der Waals surface area contributed by atoms with Gasteiger partial charge in [0.15, 0.2) is 6.61 Å². The van der Waals surface area contributed by atoms with E-state index in [1.807, 2.05) is 19.9 Å². The van der Waals surface area contributed by atoms with E-state index in [1.54, 1.807) is 12.1 Å². The van der Waals surface area contributed by atoms with Gasteiger partial charge in [-0.25, -0.2) is 0 Å². The van der Waals surface area contributed by atoms with Crippen LogP contribution in [0.3, 0.4) is 0 Å². The highest BCUT2D eigenvalue weighted by atomic mass is 19.4. The molecule has 0 unspecified atom stereocenters. The number of carbonyl (C=O) groups is 1. The molecule has 1 heterocycles. The predicted octanol–water partition coefficient (Wildman–Crippen LogP) is 4.10. The van der Waals surface area contributed by atoms with Gasteiger partial charge >= 0.3 is 6.18 Å². The van der Waals surface area contributed by atoms with E-state index in [2.05, 4.69) is 5.10 Å². The van der Waals surface area contributed by atoms with E-state index in [9.17, 15) is 23.1 Å². The molecule has 2 aliphatic rings. The number of hydrogen-bond acceptors (Lipinski definition) is 4. The van der Waals surface area contributed by atoms with Crippen LogP contribution < -0.4 is 4.74 Å². The average molecular weight is 398 g/mol. The van der Waals surface area contributed by atoms with Crippen molar-refractivity contribution in [3.05, 3.63) is 29.3 Å². The number of nitrogens with zero attached hydrogens (tertiary/aromatic N) is 2. The van der Waals surface area contributed by atoms with Crippen LogP contribution in [-0.2, 0) is 4.79 Å². The first kappa shape index (κ1) is 20.6. The van der Waals surface area contributed by atoms with E-state index in [4.69, 9.17) is 4.74 Å². The maximum Gasteiger partial charge on any atom is 0.438 e. The van der Waals surface area contributed by atoms with Gasteiger partial charge in [0, 0.05) is 12.1 Å². The van der Waals surface area contributed by atoms with Crippen LogP contribution in [-0.4, -0.2) is 40.2 Å². The Morgan fingerprint density at radius 3 is 2.39 bits per heavy atom. The molecule has 8 heteroatoms. The molecule has 0 saturated heterocycles. The van der Waals surface area contributed by atoms with Crippen molar-refractivity contribution in [2.75, 3.05) is 6.61 Å². The monoisotopic (exact) mass is 398 g/mol. The lowest BCUT2D eigenvalue weighted by Crippen LogP contribution is -2.57. The first-order chi connectivity index (χ1) is 13.1. The van der Waals surface area contributed by atoms with E-state index in [-0.39, 0.29) is 16.6 Å². The van der Waals surface area contributed by atoms with Crippen LogP contribution in [0.1, 0.15) is 49.7 Å². The minimum absolute atomic E-state index is 0.124. The lowest BCUT2D eigenvalue weighted by Gasteiger charge is -2.32. The van der Waals surface area contributed by atoms with Gasteiger partial charge in [0.05, 0.1) is 0 Å². The Kier molecular flexibility index (Phi) is 5.70. The van der Waals surface area contributed by atoms with Crippen LogP contribution in [0.5, 0.6) is 5.75 Å². The largest absolute Gasteiger partial charge is 0.484 e. The number of aryl methyl sites for hydroxylation is 2. The summed E-state index contributed by atoms with van der Waals surface area (Å²) in [5, 5.41) is 14.5.